The van der Waals surface area contributed by atoms with E-state index < -0.39 is 6.09 Å². The third-order valence-electron chi connectivity index (χ3n) is 2.10. The molecule has 0 saturated carbocycles. The molecule has 1 aromatic rings. The first-order valence-electron chi connectivity index (χ1n) is 6.14. The summed E-state index contributed by atoms with van der Waals surface area (Å²) in [7, 11) is 0. The number of nitrogens with one attached hydrogen (secondary N) is 1. The quantitative estimate of drug-likeness (QED) is 0.841. The average molecular weight is 330 g/mol. The maximum absolute atomic E-state index is 11.3. The first-order valence-corrected chi connectivity index (χ1v) is 6.93. The lowest BCUT2D eigenvalue weighted by Gasteiger charge is -2.19. The number of rotatable bonds is 5. The predicted octanol–water partition coefficient (Wildman–Crippen LogP) is 3.49. The second-order valence-electron chi connectivity index (χ2n) is 5.19. The topological polar surface area (TPSA) is 47.6 Å². The molecule has 1 N–H and O–H groups in total. The van der Waals surface area contributed by atoms with Crippen LogP contribution in [0.25, 0.3) is 0 Å². The zero-order valence-electron chi connectivity index (χ0n) is 11.5. The van der Waals surface area contributed by atoms with Gasteiger partial charge in [-0.05, 0) is 38.5 Å². The van der Waals surface area contributed by atoms with Crippen molar-refractivity contribution in [3.63, 3.8) is 0 Å². The maximum Gasteiger partial charge on any atom is 0.407 e. The number of carbonyl (C=O) groups excluding carboxylic acids is 1. The third-order valence-corrected chi connectivity index (χ3v) is 2.59. The fourth-order valence-electron chi connectivity index (χ4n) is 1.35. The lowest BCUT2D eigenvalue weighted by atomic mass is 10.1. The number of alkyl carbamates (subject to hydrolysis) is 1. The molecule has 0 aliphatic heterocycles. The molecule has 0 heterocycles. The first kappa shape index (κ1) is 16.0. The highest BCUT2D eigenvalue weighted by Gasteiger charge is 2.14. The zero-order chi connectivity index (χ0) is 14.3. The lowest BCUT2D eigenvalue weighted by Crippen LogP contribution is -2.41. The molecule has 1 aromatic carbocycles. The van der Waals surface area contributed by atoms with E-state index in [1.807, 2.05) is 45.0 Å². The summed E-state index contributed by atoms with van der Waals surface area (Å²) in [6.07, 6.45) is -0.418. The van der Waals surface area contributed by atoms with Crippen LogP contribution < -0.4 is 5.32 Å². The van der Waals surface area contributed by atoms with Gasteiger partial charge in [-0.1, -0.05) is 28.1 Å². The molecule has 0 aliphatic carbocycles. The smallest absolute Gasteiger partial charge is 0.407 e. The van der Waals surface area contributed by atoms with Crippen molar-refractivity contribution in [2.24, 2.45) is 0 Å². The van der Waals surface area contributed by atoms with E-state index in [0.717, 1.165) is 10.0 Å². The van der Waals surface area contributed by atoms with Crippen LogP contribution in [0.1, 0.15) is 26.3 Å². The van der Waals surface area contributed by atoms with Crippen LogP contribution in [0, 0.1) is 0 Å². The van der Waals surface area contributed by atoms with Gasteiger partial charge in [-0.2, -0.15) is 0 Å². The van der Waals surface area contributed by atoms with Crippen molar-refractivity contribution in [2.75, 3.05) is 13.2 Å². The van der Waals surface area contributed by atoms with Crippen molar-refractivity contribution >= 4 is 22.0 Å². The molecule has 5 heteroatoms. The van der Waals surface area contributed by atoms with Gasteiger partial charge in [-0.25, -0.2) is 4.79 Å². The molecule has 1 rings (SSSR count). The Labute approximate surface area is 122 Å². The van der Waals surface area contributed by atoms with E-state index in [1.54, 1.807) is 0 Å². The van der Waals surface area contributed by atoms with Crippen LogP contribution in [0.3, 0.4) is 0 Å². The van der Waals surface area contributed by atoms with E-state index in [0.29, 0.717) is 13.2 Å². The summed E-state index contributed by atoms with van der Waals surface area (Å²) in [5.41, 5.74) is 0.794. The van der Waals surface area contributed by atoms with Gasteiger partial charge < -0.3 is 14.8 Å². The Morgan fingerprint density at radius 1 is 1.32 bits per heavy atom. The van der Waals surface area contributed by atoms with Gasteiger partial charge in [-0.15, -0.1) is 0 Å². The van der Waals surface area contributed by atoms with Crippen molar-refractivity contribution in [1.82, 2.24) is 5.32 Å². The van der Waals surface area contributed by atoms with E-state index in [-0.39, 0.29) is 12.1 Å². The number of amides is 1. The van der Waals surface area contributed by atoms with Crippen LogP contribution >= 0.6 is 15.9 Å². The summed E-state index contributed by atoms with van der Waals surface area (Å²) in [5, 5.41) is 2.71. The minimum Gasteiger partial charge on any atom is -0.447 e. The number of carbonyl (C=O) groups is 1. The second-order valence-corrected chi connectivity index (χ2v) is 6.11. The average Bonchev–Trinajstić information content (AvgIpc) is 2.26. The van der Waals surface area contributed by atoms with Gasteiger partial charge in [0.25, 0.3) is 0 Å². The molecular formula is C14H20BrNO3. The van der Waals surface area contributed by atoms with Gasteiger partial charge in [0.15, 0.2) is 0 Å². The van der Waals surface area contributed by atoms with E-state index >= 15 is 0 Å². The van der Waals surface area contributed by atoms with Crippen LogP contribution in [0.4, 0.5) is 4.79 Å². The summed E-state index contributed by atoms with van der Waals surface area (Å²) in [5.74, 6) is 0. The summed E-state index contributed by atoms with van der Waals surface area (Å²) in [6, 6.07) is 7.89. The van der Waals surface area contributed by atoms with Gasteiger partial charge in [0, 0.05) is 10.0 Å². The molecule has 0 aromatic heterocycles. The minimum atomic E-state index is -0.418. The Bertz CT molecular complexity index is 415. The van der Waals surface area contributed by atoms with Crippen LogP contribution in [-0.2, 0) is 16.1 Å². The number of hydrogen-bond acceptors (Lipinski definition) is 3. The van der Waals surface area contributed by atoms with Crippen LogP contribution in [0.15, 0.2) is 28.7 Å². The summed E-state index contributed by atoms with van der Waals surface area (Å²) in [6.45, 7) is 6.83. The highest BCUT2D eigenvalue weighted by atomic mass is 79.9. The number of halogens is 1. The monoisotopic (exact) mass is 329 g/mol. The number of hydrogen-bond donors (Lipinski definition) is 1. The van der Waals surface area contributed by atoms with Crippen molar-refractivity contribution in [2.45, 2.75) is 32.9 Å². The Hall–Kier alpha value is -1.07. The Morgan fingerprint density at radius 2 is 2.05 bits per heavy atom. The highest BCUT2D eigenvalue weighted by Crippen LogP contribution is 2.12. The molecule has 1 amide bonds. The molecule has 0 saturated heterocycles. The molecular weight excluding hydrogens is 310 g/mol. The largest absolute Gasteiger partial charge is 0.447 e. The number of ether oxygens (including phenoxy) is 2. The maximum atomic E-state index is 11.3. The molecule has 0 atom stereocenters. The van der Waals surface area contributed by atoms with E-state index in [2.05, 4.69) is 21.2 Å². The number of benzene rings is 1. The third kappa shape index (κ3) is 7.85. The normalized spacial score (nSPS) is 11.2. The summed E-state index contributed by atoms with van der Waals surface area (Å²) in [4.78, 5) is 11.3. The van der Waals surface area contributed by atoms with E-state index in [4.69, 9.17) is 9.47 Å². The molecule has 4 nitrogen and oxygen atoms in total. The molecule has 106 valence electrons. The lowest BCUT2D eigenvalue weighted by molar-refractivity contribution is 0.0624. The SMILES string of the molecule is CC(C)(C)NC(=O)OCCOCc1cccc(Br)c1. The zero-order valence-corrected chi connectivity index (χ0v) is 13.1. The van der Waals surface area contributed by atoms with Gasteiger partial charge in [0.1, 0.15) is 6.61 Å². The van der Waals surface area contributed by atoms with E-state index in [9.17, 15) is 4.79 Å². The van der Waals surface area contributed by atoms with Crippen LogP contribution in [0.5, 0.6) is 0 Å². The van der Waals surface area contributed by atoms with Gasteiger partial charge in [0.2, 0.25) is 0 Å². The Kier molecular flexibility index (Phi) is 6.31. The fourth-order valence-corrected chi connectivity index (χ4v) is 1.80. The van der Waals surface area contributed by atoms with E-state index in [1.165, 1.54) is 0 Å². The fraction of sp³-hybridized carbons (Fsp3) is 0.500. The molecule has 0 bridgehead atoms. The Balaban J connectivity index is 2.13. The Morgan fingerprint density at radius 3 is 2.68 bits per heavy atom. The van der Waals surface area contributed by atoms with Crippen molar-refractivity contribution < 1.29 is 14.3 Å². The molecule has 0 radical (unpaired) electrons. The second kappa shape index (κ2) is 7.50. The molecule has 0 unspecified atom stereocenters. The summed E-state index contributed by atoms with van der Waals surface area (Å²) >= 11 is 3.40. The van der Waals surface area contributed by atoms with Gasteiger partial charge in [0.05, 0.1) is 13.2 Å². The molecule has 0 fully saturated rings. The predicted molar refractivity (Wildman–Crippen MR) is 78.0 cm³/mol. The van der Waals surface area contributed by atoms with Gasteiger partial charge >= 0.3 is 6.09 Å². The molecule has 0 spiro atoms. The van der Waals surface area contributed by atoms with Crippen molar-refractivity contribution in [1.29, 1.82) is 0 Å². The minimum absolute atomic E-state index is 0.246. The van der Waals surface area contributed by atoms with Gasteiger partial charge in [-0.3, -0.25) is 0 Å². The van der Waals surface area contributed by atoms with Crippen LogP contribution in [0.2, 0.25) is 0 Å². The van der Waals surface area contributed by atoms with Crippen LogP contribution in [-0.4, -0.2) is 24.8 Å². The van der Waals surface area contributed by atoms with Crippen molar-refractivity contribution in [3.8, 4) is 0 Å². The molecule has 0 aliphatic rings. The standard InChI is InChI=1S/C14H20BrNO3/c1-14(2,3)16-13(17)19-8-7-18-10-11-5-4-6-12(15)9-11/h4-6,9H,7-8,10H2,1-3H3,(H,16,17). The summed E-state index contributed by atoms with van der Waals surface area (Å²) < 4.78 is 11.4. The first-order chi connectivity index (χ1) is 8.87. The molecule has 19 heavy (non-hydrogen) atoms. The van der Waals surface area contributed by atoms with Crippen molar-refractivity contribution in [3.05, 3.63) is 34.3 Å². The highest BCUT2D eigenvalue weighted by molar-refractivity contribution is 9.10.